The molecule has 0 amide bonds. The first-order valence-electron chi connectivity index (χ1n) is 9.00. The SMILES string of the molecule is CCNC(=NCC1CCN(C)CC1)N1CCC2(CCOC2)C1.I. The molecule has 3 rings (SSSR count). The summed E-state index contributed by atoms with van der Waals surface area (Å²) >= 11 is 0. The average Bonchev–Trinajstić information content (AvgIpc) is 3.16. The van der Waals surface area contributed by atoms with E-state index in [1.54, 1.807) is 0 Å². The maximum atomic E-state index is 5.64. The highest BCUT2D eigenvalue weighted by atomic mass is 127. The zero-order valence-corrected chi connectivity index (χ0v) is 17.1. The highest BCUT2D eigenvalue weighted by Gasteiger charge is 2.42. The molecule has 0 aromatic rings. The molecule has 3 saturated heterocycles. The van der Waals surface area contributed by atoms with E-state index >= 15 is 0 Å². The third-order valence-corrected chi connectivity index (χ3v) is 5.60. The monoisotopic (exact) mass is 436 g/mol. The van der Waals surface area contributed by atoms with Crippen LogP contribution in [0.25, 0.3) is 0 Å². The summed E-state index contributed by atoms with van der Waals surface area (Å²) in [6, 6.07) is 0. The third-order valence-electron chi connectivity index (χ3n) is 5.60. The van der Waals surface area contributed by atoms with Crippen LogP contribution in [0.1, 0.15) is 32.6 Å². The van der Waals surface area contributed by atoms with E-state index in [0.717, 1.165) is 51.3 Å². The summed E-state index contributed by atoms with van der Waals surface area (Å²) in [5.41, 5.74) is 0.406. The van der Waals surface area contributed by atoms with Gasteiger partial charge < -0.3 is 19.9 Å². The van der Waals surface area contributed by atoms with Gasteiger partial charge in [-0.3, -0.25) is 4.99 Å². The number of piperidine rings is 1. The van der Waals surface area contributed by atoms with Crippen LogP contribution < -0.4 is 5.32 Å². The van der Waals surface area contributed by atoms with Crippen LogP contribution in [0, 0.1) is 11.3 Å². The van der Waals surface area contributed by atoms with Crippen LogP contribution in [-0.2, 0) is 4.74 Å². The second-order valence-corrected chi connectivity index (χ2v) is 7.42. The largest absolute Gasteiger partial charge is 0.381 e. The minimum atomic E-state index is 0. The van der Waals surface area contributed by atoms with Crippen LogP contribution in [0.2, 0.25) is 0 Å². The number of guanidine groups is 1. The molecule has 3 heterocycles. The Balaban J connectivity index is 0.00000192. The van der Waals surface area contributed by atoms with Crippen LogP contribution >= 0.6 is 24.0 Å². The van der Waals surface area contributed by atoms with Crippen LogP contribution in [-0.4, -0.2) is 75.3 Å². The Hall–Kier alpha value is -0.0800. The summed E-state index contributed by atoms with van der Waals surface area (Å²) in [5.74, 6) is 1.89. The standard InChI is InChI=1S/C17H32N4O.HI/c1-3-18-16(19-12-15-4-8-20(2)9-5-15)21-10-6-17(13-21)7-11-22-14-17;/h15H,3-14H2,1-2H3,(H,18,19);1H. The van der Waals surface area contributed by atoms with Gasteiger partial charge >= 0.3 is 0 Å². The highest BCUT2D eigenvalue weighted by Crippen LogP contribution is 2.38. The van der Waals surface area contributed by atoms with E-state index in [4.69, 9.17) is 9.73 Å². The van der Waals surface area contributed by atoms with Crippen molar-refractivity contribution in [2.45, 2.75) is 32.6 Å². The van der Waals surface area contributed by atoms with E-state index in [1.807, 2.05) is 0 Å². The molecule has 1 spiro atoms. The molecule has 1 atom stereocenters. The molecular weight excluding hydrogens is 403 g/mol. The molecule has 5 nitrogen and oxygen atoms in total. The number of rotatable bonds is 3. The van der Waals surface area contributed by atoms with E-state index in [9.17, 15) is 0 Å². The molecule has 3 fully saturated rings. The number of nitrogens with zero attached hydrogens (tertiary/aromatic N) is 3. The minimum Gasteiger partial charge on any atom is -0.381 e. The summed E-state index contributed by atoms with van der Waals surface area (Å²) < 4.78 is 5.64. The summed E-state index contributed by atoms with van der Waals surface area (Å²) in [7, 11) is 2.22. The van der Waals surface area contributed by atoms with E-state index in [0.29, 0.717) is 5.41 Å². The second-order valence-electron chi connectivity index (χ2n) is 7.42. The topological polar surface area (TPSA) is 40.1 Å². The van der Waals surface area contributed by atoms with Gasteiger partial charge in [-0.2, -0.15) is 0 Å². The zero-order valence-electron chi connectivity index (χ0n) is 14.7. The Bertz CT molecular complexity index is 390. The number of nitrogens with one attached hydrogen (secondary N) is 1. The van der Waals surface area contributed by atoms with Crippen LogP contribution in [0.15, 0.2) is 4.99 Å². The lowest BCUT2D eigenvalue weighted by Crippen LogP contribution is -2.42. The van der Waals surface area contributed by atoms with Crippen molar-refractivity contribution in [3.8, 4) is 0 Å². The van der Waals surface area contributed by atoms with E-state index < -0.39 is 0 Å². The second kappa shape index (κ2) is 8.85. The van der Waals surface area contributed by atoms with Crippen molar-refractivity contribution in [3.63, 3.8) is 0 Å². The van der Waals surface area contributed by atoms with Gasteiger partial charge in [0.05, 0.1) is 6.61 Å². The molecule has 0 saturated carbocycles. The normalized spacial score (nSPS) is 30.0. The molecule has 134 valence electrons. The van der Waals surface area contributed by atoms with E-state index in [-0.39, 0.29) is 24.0 Å². The maximum Gasteiger partial charge on any atom is 0.193 e. The summed E-state index contributed by atoms with van der Waals surface area (Å²) in [6.45, 7) is 10.7. The third kappa shape index (κ3) is 4.95. The molecule has 0 radical (unpaired) electrons. The Kier molecular flexibility index (Phi) is 7.41. The predicted octanol–water partition coefficient (Wildman–Crippen LogP) is 2.02. The van der Waals surface area contributed by atoms with Crippen molar-refractivity contribution >= 4 is 29.9 Å². The van der Waals surface area contributed by atoms with Crippen molar-refractivity contribution in [3.05, 3.63) is 0 Å². The number of likely N-dealkylation sites (tertiary alicyclic amines) is 2. The molecule has 3 aliphatic rings. The Morgan fingerprint density at radius 3 is 2.70 bits per heavy atom. The lowest BCUT2D eigenvalue weighted by atomic mass is 9.87. The Morgan fingerprint density at radius 1 is 1.26 bits per heavy atom. The van der Waals surface area contributed by atoms with Crippen molar-refractivity contribution in [2.75, 3.05) is 59.5 Å². The van der Waals surface area contributed by atoms with Crippen LogP contribution in [0.5, 0.6) is 0 Å². The van der Waals surface area contributed by atoms with Crippen LogP contribution in [0.4, 0.5) is 0 Å². The lowest BCUT2D eigenvalue weighted by molar-refractivity contribution is 0.156. The molecule has 0 aliphatic carbocycles. The summed E-state index contributed by atoms with van der Waals surface area (Å²) in [4.78, 5) is 9.86. The zero-order chi connectivity index (χ0) is 15.4. The summed E-state index contributed by atoms with van der Waals surface area (Å²) in [6.07, 6.45) is 5.05. The molecule has 0 bridgehead atoms. The number of ether oxygens (including phenoxy) is 1. The van der Waals surface area contributed by atoms with E-state index in [1.165, 1.54) is 38.8 Å². The molecule has 6 heteroatoms. The van der Waals surface area contributed by atoms with Gasteiger partial charge in [-0.1, -0.05) is 0 Å². The van der Waals surface area contributed by atoms with Crippen molar-refractivity contribution < 1.29 is 4.74 Å². The molecule has 1 N–H and O–H groups in total. The maximum absolute atomic E-state index is 5.64. The van der Waals surface area contributed by atoms with Crippen LogP contribution in [0.3, 0.4) is 0 Å². The molecule has 0 aromatic carbocycles. The predicted molar refractivity (Wildman–Crippen MR) is 106 cm³/mol. The average molecular weight is 436 g/mol. The fraction of sp³-hybridized carbons (Fsp3) is 0.941. The molecular formula is C17H33IN4O. The smallest absolute Gasteiger partial charge is 0.193 e. The fourth-order valence-electron chi connectivity index (χ4n) is 3.97. The van der Waals surface area contributed by atoms with Crippen molar-refractivity contribution in [2.24, 2.45) is 16.3 Å². The first-order valence-corrected chi connectivity index (χ1v) is 9.00. The molecule has 0 aromatic heterocycles. The number of aliphatic imine (C=N–C) groups is 1. The highest BCUT2D eigenvalue weighted by molar-refractivity contribution is 14.0. The first-order chi connectivity index (χ1) is 10.7. The van der Waals surface area contributed by atoms with Gasteiger partial charge in [-0.05, 0) is 58.7 Å². The van der Waals surface area contributed by atoms with Gasteiger partial charge in [0.2, 0.25) is 0 Å². The van der Waals surface area contributed by atoms with Gasteiger partial charge in [0.1, 0.15) is 0 Å². The van der Waals surface area contributed by atoms with Gasteiger partial charge in [-0.15, -0.1) is 24.0 Å². The molecule has 23 heavy (non-hydrogen) atoms. The Labute approximate surface area is 158 Å². The molecule has 1 unspecified atom stereocenters. The number of hydrogen-bond donors (Lipinski definition) is 1. The fourth-order valence-corrected chi connectivity index (χ4v) is 3.97. The van der Waals surface area contributed by atoms with Gasteiger partial charge in [0.25, 0.3) is 0 Å². The van der Waals surface area contributed by atoms with Gasteiger partial charge in [0, 0.05) is 38.2 Å². The Morgan fingerprint density at radius 2 is 2.04 bits per heavy atom. The van der Waals surface area contributed by atoms with Gasteiger partial charge in [0.15, 0.2) is 5.96 Å². The lowest BCUT2D eigenvalue weighted by Gasteiger charge is -2.29. The number of hydrogen-bond acceptors (Lipinski definition) is 3. The van der Waals surface area contributed by atoms with Gasteiger partial charge in [-0.25, -0.2) is 0 Å². The van der Waals surface area contributed by atoms with Crippen molar-refractivity contribution in [1.82, 2.24) is 15.1 Å². The quantitative estimate of drug-likeness (QED) is 0.418. The molecule has 3 aliphatic heterocycles. The van der Waals surface area contributed by atoms with Crippen molar-refractivity contribution in [1.29, 1.82) is 0 Å². The summed E-state index contributed by atoms with van der Waals surface area (Å²) in [5, 5.41) is 3.50. The van der Waals surface area contributed by atoms with E-state index in [2.05, 4.69) is 29.1 Å². The minimum absolute atomic E-state index is 0. The number of halogens is 1. The first kappa shape index (κ1) is 19.2.